The first kappa shape index (κ1) is 23.1. The maximum absolute atomic E-state index is 13.8. The van der Waals surface area contributed by atoms with Gasteiger partial charge in [-0.1, -0.05) is 23.5 Å². The maximum atomic E-state index is 13.8. The van der Waals surface area contributed by atoms with Crippen LogP contribution in [0.5, 0.6) is 11.5 Å². The van der Waals surface area contributed by atoms with E-state index in [2.05, 4.69) is 15.5 Å². The van der Waals surface area contributed by atoms with Crippen molar-refractivity contribution < 1.29 is 27.1 Å². The smallest absolute Gasteiger partial charge is 0.286 e. The van der Waals surface area contributed by atoms with E-state index in [9.17, 15) is 17.6 Å². The Balaban J connectivity index is 1.57. The van der Waals surface area contributed by atoms with Crippen LogP contribution in [0, 0.1) is 5.82 Å². The Morgan fingerprint density at radius 2 is 1.91 bits per heavy atom. The molecule has 1 aliphatic rings. The van der Waals surface area contributed by atoms with Crippen LogP contribution in [0.4, 0.5) is 10.1 Å². The van der Waals surface area contributed by atoms with Crippen LogP contribution in [0.1, 0.15) is 33.7 Å². The van der Waals surface area contributed by atoms with Crippen LogP contribution in [-0.2, 0) is 10.0 Å². The summed E-state index contributed by atoms with van der Waals surface area (Å²) in [6.45, 7) is 0.303. The molecule has 2 aromatic carbocycles. The number of ether oxygens (including phenoxy) is 2. The van der Waals surface area contributed by atoms with E-state index in [-0.39, 0.29) is 15.6 Å². The molecular formula is C21H21FN4O5S2. The van der Waals surface area contributed by atoms with Crippen molar-refractivity contribution in [2.45, 2.75) is 23.8 Å². The van der Waals surface area contributed by atoms with Gasteiger partial charge in [0.1, 0.15) is 10.8 Å². The Bertz CT molecular complexity index is 1280. The molecule has 4 rings (SSSR count). The van der Waals surface area contributed by atoms with Crippen molar-refractivity contribution in [2.24, 2.45) is 0 Å². The number of nitrogens with zero attached hydrogens (tertiary/aromatic N) is 3. The monoisotopic (exact) mass is 492 g/mol. The maximum Gasteiger partial charge on any atom is 0.286 e. The third-order valence-corrected chi connectivity index (χ3v) is 8.13. The number of amides is 1. The molecule has 1 atom stereocenters. The molecule has 174 valence electrons. The minimum atomic E-state index is -3.87. The van der Waals surface area contributed by atoms with E-state index in [0.29, 0.717) is 35.9 Å². The van der Waals surface area contributed by atoms with Crippen molar-refractivity contribution in [1.29, 1.82) is 0 Å². The van der Waals surface area contributed by atoms with Gasteiger partial charge in [-0.2, -0.15) is 4.31 Å². The van der Waals surface area contributed by atoms with Gasteiger partial charge in [0.05, 0.1) is 30.8 Å². The number of halogens is 1. The zero-order chi connectivity index (χ0) is 23.6. The van der Waals surface area contributed by atoms with Crippen LogP contribution < -0.4 is 14.8 Å². The van der Waals surface area contributed by atoms with Crippen molar-refractivity contribution in [1.82, 2.24) is 14.5 Å². The zero-order valence-corrected chi connectivity index (χ0v) is 19.5. The summed E-state index contributed by atoms with van der Waals surface area (Å²) < 4.78 is 52.3. The molecule has 1 saturated heterocycles. The summed E-state index contributed by atoms with van der Waals surface area (Å²) in [5.74, 6) is -0.462. The number of nitrogens with one attached hydrogen (secondary N) is 1. The lowest BCUT2D eigenvalue weighted by Gasteiger charge is -2.22. The third kappa shape index (κ3) is 4.54. The average molecular weight is 493 g/mol. The lowest BCUT2D eigenvalue weighted by atomic mass is 10.2. The molecule has 0 aliphatic carbocycles. The van der Waals surface area contributed by atoms with Crippen molar-refractivity contribution in [3.05, 3.63) is 58.3 Å². The van der Waals surface area contributed by atoms with E-state index in [4.69, 9.17) is 9.47 Å². The molecule has 0 radical (unpaired) electrons. The lowest BCUT2D eigenvalue weighted by Crippen LogP contribution is -2.30. The highest BCUT2D eigenvalue weighted by molar-refractivity contribution is 7.89. The Labute approximate surface area is 194 Å². The van der Waals surface area contributed by atoms with Crippen LogP contribution in [0.3, 0.4) is 0 Å². The van der Waals surface area contributed by atoms with Gasteiger partial charge in [-0.25, -0.2) is 12.8 Å². The number of sulfonamides is 1. The molecular weight excluding hydrogens is 471 g/mol. The van der Waals surface area contributed by atoms with Gasteiger partial charge < -0.3 is 14.8 Å². The lowest BCUT2D eigenvalue weighted by molar-refractivity contribution is 0.102. The minimum absolute atomic E-state index is 0.0172. The Morgan fingerprint density at radius 1 is 1.15 bits per heavy atom. The molecule has 1 aliphatic heterocycles. The predicted octanol–water partition coefficient (Wildman–Crippen LogP) is 3.47. The molecule has 0 unspecified atom stereocenters. The van der Waals surface area contributed by atoms with Gasteiger partial charge in [-0.3, -0.25) is 4.79 Å². The first-order chi connectivity index (χ1) is 15.8. The molecule has 33 heavy (non-hydrogen) atoms. The van der Waals surface area contributed by atoms with Crippen LogP contribution in [-0.4, -0.2) is 49.6 Å². The fraction of sp³-hybridized carbons (Fsp3) is 0.286. The molecule has 12 heteroatoms. The topological polar surface area (TPSA) is 111 Å². The van der Waals surface area contributed by atoms with E-state index in [1.54, 1.807) is 6.07 Å². The number of carbonyl (C=O) groups excluding carboxylic acids is 1. The first-order valence-corrected chi connectivity index (χ1v) is 12.2. The number of methoxy groups -OCH3 is 2. The number of carbonyl (C=O) groups is 1. The fourth-order valence-corrected chi connectivity index (χ4v) is 6.22. The normalized spacial score (nSPS) is 16.5. The predicted molar refractivity (Wildman–Crippen MR) is 120 cm³/mol. The first-order valence-electron chi connectivity index (χ1n) is 9.98. The number of benzene rings is 2. The molecule has 1 amide bonds. The van der Waals surface area contributed by atoms with Crippen LogP contribution in [0.15, 0.2) is 47.4 Å². The molecule has 0 spiro atoms. The summed E-state index contributed by atoms with van der Waals surface area (Å²) in [7, 11) is -0.969. The molecule has 0 bridgehead atoms. The van der Waals surface area contributed by atoms with E-state index in [1.807, 2.05) is 0 Å². The SMILES string of the molecule is COc1ccc(S(=O)(=O)N2CCC[C@H]2c2nnc(C(=O)Nc3ccccc3F)s2)cc1OC. The van der Waals surface area contributed by atoms with Crippen LogP contribution in [0.2, 0.25) is 0 Å². The number of aromatic nitrogens is 2. The van der Waals surface area contributed by atoms with Crippen LogP contribution in [0.25, 0.3) is 0 Å². The van der Waals surface area contributed by atoms with Crippen LogP contribution >= 0.6 is 11.3 Å². The molecule has 1 fully saturated rings. The van der Waals surface area contributed by atoms with Gasteiger partial charge >= 0.3 is 0 Å². The molecule has 1 N–H and O–H groups in total. The summed E-state index contributed by atoms with van der Waals surface area (Å²) >= 11 is 0.985. The average Bonchev–Trinajstić information content (AvgIpc) is 3.50. The van der Waals surface area contributed by atoms with E-state index in [0.717, 1.165) is 11.3 Å². The number of hydrogen-bond donors (Lipinski definition) is 1. The second-order valence-corrected chi connectivity index (χ2v) is 10.1. The highest BCUT2D eigenvalue weighted by Crippen LogP contribution is 2.39. The van der Waals surface area contributed by atoms with Gasteiger partial charge in [-0.05, 0) is 37.1 Å². The van der Waals surface area contributed by atoms with Crippen molar-refractivity contribution in [2.75, 3.05) is 26.1 Å². The summed E-state index contributed by atoms with van der Waals surface area (Å²) in [5, 5.41) is 10.8. The summed E-state index contributed by atoms with van der Waals surface area (Å²) in [5.41, 5.74) is 0.0257. The third-order valence-electron chi connectivity index (χ3n) is 5.21. The molecule has 2 heterocycles. The molecule has 9 nitrogen and oxygen atoms in total. The van der Waals surface area contributed by atoms with Gasteiger partial charge in [0.25, 0.3) is 5.91 Å². The standard InChI is InChI=1S/C21H21FN4O5S2/c1-30-17-10-9-13(12-18(17)31-2)33(28,29)26-11-5-8-16(26)20-24-25-21(32-20)19(27)23-15-7-4-3-6-14(15)22/h3-4,6-7,9-10,12,16H,5,8,11H2,1-2H3,(H,23,27)/t16-/m0/s1. The van der Waals surface area contributed by atoms with Crippen molar-refractivity contribution in [3.63, 3.8) is 0 Å². The highest BCUT2D eigenvalue weighted by atomic mass is 32.2. The van der Waals surface area contributed by atoms with Gasteiger partial charge in [0.2, 0.25) is 15.0 Å². The number of anilines is 1. The summed E-state index contributed by atoms with van der Waals surface area (Å²) in [6, 6.07) is 9.63. The quantitative estimate of drug-likeness (QED) is 0.538. The van der Waals surface area contributed by atoms with E-state index >= 15 is 0 Å². The van der Waals surface area contributed by atoms with Crippen molar-refractivity contribution in [3.8, 4) is 11.5 Å². The van der Waals surface area contributed by atoms with Crippen molar-refractivity contribution >= 4 is 33.0 Å². The molecule has 3 aromatic rings. The largest absolute Gasteiger partial charge is 0.493 e. The zero-order valence-electron chi connectivity index (χ0n) is 17.8. The Morgan fingerprint density at radius 3 is 2.64 bits per heavy atom. The second kappa shape index (κ2) is 9.41. The summed E-state index contributed by atoms with van der Waals surface area (Å²) in [4.78, 5) is 12.6. The Kier molecular flexibility index (Phi) is 6.58. The highest BCUT2D eigenvalue weighted by Gasteiger charge is 2.39. The minimum Gasteiger partial charge on any atom is -0.493 e. The van der Waals surface area contributed by atoms with Gasteiger partial charge in [0, 0.05) is 12.6 Å². The van der Waals surface area contributed by atoms with Gasteiger partial charge in [0.15, 0.2) is 11.5 Å². The van der Waals surface area contributed by atoms with Gasteiger partial charge in [-0.15, -0.1) is 10.2 Å². The number of para-hydroxylation sites is 1. The molecule has 1 aromatic heterocycles. The Hall–Kier alpha value is -3.09. The van der Waals surface area contributed by atoms with E-state index < -0.39 is 27.8 Å². The summed E-state index contributed by atoms with van der Waals surface area (Å²) in [6.07, 6.45) is 1.17. The fourth-order valence-electron chi connectivity index (χ4n) is 3.59. The number of hydrogen-bond acceptors (Lipinski definition) is 8. The van der Waals surface area contributed by atoms with E-state index in [1.165, 1.54) is 54.9 Å². The second-order valence-electron chi connectivity index (χ2n) is 7.17. The number of rotatable bonds is 7. The molecule has 0 saturated carbocycles.